The molecule has 0 bridgehead atoms. The minimum Gasteiger partial charge on any atom is -0.463 e. The molecule has 1 aliphatic carbocycles. The van der Waals surface area contributed by atoms with Crippen molar-refractivity contribution in [2.45, 2.75) is 38.5 Å². The third-order valence-electron chi connectivity index (χ3n) is 5.87. The Balaban J connectivity index is 1.78. The fourth-order valence-electron chi connectivity index (χ4n) is 4.48. The minimum absolute atomic E-state index is 0.0156. The number of esters is 1. The van der Waals surface area contributed by atoms with Crippen LogP contribution in [0.2, 0.25) is 5.02 Å². The van der Waals surface area contributed by atoms with E-state index >= 15 is 0 Å². The largest absolute Gasteiger partial charge is 0.463 e. The standard InChI is InChI=1S/C25H23ClFNO3/c1-3-31-25(30)22-14(2)28-20-12-17(15-4-8-18(26)9-5-15)13-21(29)24(20)23(22)16-6-10-19(27)11-7-16/h4-11,17,23,28H,3,12-13H2,1-2H3/t17-,23+/m1/s1. The van der Waals surface area contributed by atoms with Crippen molar-refractivity contribution < 1.29 is 18.7 Å². The van der Waals surface area contributed by atoms with Gasteiger partial charge in [0.25, 0.3) is 0 Å². The summed E-state index contributed by atoms with van der Waals surface area (Å²) in [6, 6.07) is 13.5. The number of nitrogens with one attached hydrogen (secondary N) is 1. The Hall–Kier alpha value is -2.92. The average molecular weight is 440 g/mol. The second kappa shape index (κ2) is 8.67. The molecule has 6 heteroatoms. The molecule has 0 saturated carbocycles. The predicted octanol–water partition coefficient (Wildman–Crippen LogP) is 5.40. The maximum Gasteiger partial charge on any atom is 0.336 e. The zero-order valence-corrected chi connectivity index (χ0v) is 18.1. The number of dihydropyridines is 1. The Morgan fingerprint density at radius 3 is 2.39 bits per heavy atom. The summed E-state index contributed by atoms with van der Waals surface area (Å²) in [7, 11) is 0. The number of rotatable bonds is 4. The van der Waals surface area contributed by atoms with Gasteiger partial charge in [0.1, 0.15) is 5.82 Å². The number of ketones is 1. The number of halogens is 2. The number of carbonyl (C=O) groups is 2. The van der Waals surface area contributed by atoms with Gasteiger partial charge >= 0.3 is 5.97 Å². The molecule has 2 aliphatic rings. The van der Waals surface area contributed by atoms with Gasteiger partial charge < -0.3 is 10.1 Å². The fraction of sp³-hybridized carbons (Fsp3) is 0.280. The van der Waals surface area contributed by atoms with Crippen molar-refractivity contribution in [3.63, 3.8) is 0 Å². The molecule has 0 fully saturated rings. The van der Waals surface area contributed by atoms with Crippen LogP contribution in [0.25, 0.3) is 0 Å². The molecule has 2 aromatic carbocycles. The van der Waals surface area contributed by atoms with Crippen molar-refractivity contribution in [2.75, 3.05) is 6.61 Å². The normalized spacial score (nSPS) is 21.0. The highest BCUT2D eigenvalue weighted by Gasteiger charge is 2.41. The number of hydrogen-bond donors (Lipinski definition) is 1. The third-order valence-corrected chi connectivity index (χ3v) is 6.12. The molecule has 1 heterocycles. The maximum atomic E-state index is 13.6. The number of allylic oxidation sites excluding steroid dienone is 3. The van der Waals surface area contributed by atoms with Crippen LogP contribution in [0.15, 0.2) is 71.1 Å². The van der Waals surface area contributed by atoms with E-state index in [0.29, 0.717) is 40.3 Å². The number of hydrogen-bond acceptors (Lipinski definition) is 4. The lowest BCUT2D eigenvalue weighted by Crippen LogP contribution is -2.36. The van der Waals surface area contributed by atoms with Gasteiger partial charge in [-0.25, -0.2) is 9.18 Å². The van der Waals surface area contributed by atoms with E-state index in [-0.39, 0.29) is 24.1 Å². The van der Waals surface area contributed by atoms with Crippen molar-refractivity contribution in [1.29, 1.82) is 0 Å². The average Bonchev–Trinajstić information content (AvgIpc) is 2.74. The molecule has 31 heavy (non-hydrogen) atoms. The van der Waals surface area contributed by atoms with Crippen molar-refractivity contribution in [3.8, 4) is 0 Å². The summed E-state index contributed by atoms with van der Waals surface area (Å²) in [5, 5.41) is 3.95. The van der Waals surface area contributed by atoms with Crippen LogP contribution < -0.4 is 5.32 Å². The van der Waals surface area contributed by atoms with Gasteiger partial charge in [-0.05, 0) is 61.6 Å². The van der Waals surface area contributed by atoms with Crippen LogP contribution in [0.1, 0.15) is 49.7 Å². The van der Waals surface area contributed by atoms with E-state index in [0.717, 1.165) is 11.3 Å². The Kier molecular flexibility index (Phi) is 5.96. The van der Waals surface area contributed by atoms with E-state index < -0.39 is 11.9 Å². The molecule has 4 rings (SSSR count). The first-order valence-corrected chi connectivity index (χ1v) is 10.7. The van der Waals surface area contributed by atoms with Gasteiger partial charge in [-0.3, -0.25) is 4.79 Å². The molecule has 0 spiro atoms. The Labute approximate surface area is 185 Å². The van der Waals surface area contributed by atoms with E-state index in [9.17, 15) is 14.0 Å². The molecule has 2 aromatic rings. The second-order valence-corrected chi connectivity index (χ2v) is 8.28. The van der Waals surface area contributed by atoms with Gasteiger partial charge in [-0.15, -0.1) is 0 Å². The summed E-state index contributed by atoms with van der Waals surface area (Å²) in [5.74, 6) is -1.45. The summed E-state index contributed by atoms with van der Waals surface area (Å²) in [6.07, 6.45) is 0.961. The lowest BCUT2D eigenvalue weighted by Gasteiger charge is -2.36. The van der Waals surface area contributed by atoms with Crippen LogP contribution in [-0.4, -0.2) is 18.4 Å². The van der Waals surface area contributed by atoms with Crippen LogP contribution >= 0.6 is 11.6 Å². The molecule has 0 amide bonds. The van der Waals surface area contributed by atoms with E-state index in [1.54, 1.807) is 19.1 Å². The highest BCUT2D eigenvalue weighted by Crippen LogP contribution is 2.45. The van der Waals surface area contributed by atoms with Crippen molar-refractivity contribution >= 4 is 23.4 Å². The third kappa shape index (κ3) is 4.15. The highest BCUT2D eigenvalue weighted by molar-refractivity contribution is 6.30. The van der Waals surface area contributed by atoms with Gasteiger partial charge in [0.15, 0.2) is 5.78 Å². The van der Waals surface area contributed by atoms with Crippen molar-refractivity contribution in [3.05, 3.63) is 93.0 Å². The number of Topliss-reactive ketones (excluding diaryl/α,β-unsaturated/α-hetero) is 1. The van der Waals surface area contributed by atoms with Crippen LogP contribution in [0.5, 0.6) is 0 Å². The number of carbonyl (C=O) groups excluding carboxylic acids is 2. The quantitative estimate of drug-likeness (QED) is 0.648. The lowest BCUT2D eigenvalue weighted by atomic mass is 9.72. The Bertz CT molecular complexity index is 1090. The molecule has 1 aliphatic heterocycles. The van der Waals surface area contributed by atoms with E-state index in [2.05, 4.69) is 5.32 Å². The second-order valence-electron chi connectivity index (χ2n) is 7.84. The molecule has 2 atom stereocenters. The van der Waals surface area contributed by atoms with Crippen LogP contribution in [0.4, 0.5) is 4.39 Å². The monoisotopic (exact) mass is 439 g/mol. The molecule has 1 N–H and O–H groups in total. The zero-order chi connectivity index (χ0) is 22.1. The van der Waals surface area contributed by atoms with Gasteiger partial charge in [0, 0.05) is 34.3 Å². The summed E-state index contributed by atoms with van der Waals surface area (Å²) in [4.78, 5) is 26.2. The fourth-order valence-corrected chi connectivity index (χ4v) is 4.60. The first kappa shape index (κ1) is 21.3. The van der Waals surface area contributed by atoms with Crippen LogP contribution in [0.3, 0.4) is 0 Å². The molecule has 0 radical (unpaired) electrons. The highest BCUT2D eigenvalue weighted by atomic mass is 35.5. The number of benzene rings is 2. The van der Waals surface area contributed by atoms with E-state index in [1.165, 1.54) is 12.1 Å². The van der Waals surface area contributed by atoms with E-state index in [4.69, 9.17) is 16.3 Å². The zero-order valence-electron chi connectivity index (χ0n) is 17.4. The van der Waals surface area contributed by atoms with Crippen molar-refractivity contribution in [2.24, 2.45) is 0 Å². The predicted molar refractivity (Wildman–Crippen MR) is 117 cm³/mol. The van der Waals surface area contributed by atoms with Gasteiger partial charge in [-0.2, -0.15) is 0 Å². The van der Waals surface area contributed by atoms with Crippen molar-refractivity contribution in [1.82, 2.24) is 5.32 Å². The summed E-state index contributed by atoms with van der Waals surface area (Å²) >= 11 is 6.01. The SMILES string of the molecule is CCOC(=O)C1=C(C)NC2=C(C(=O)C[C@H](c3ccc(Cl)cc3)C2)[C@H]1c1ccc(F)cc1. The van der Waals surface area contributed by atoms with Gasteiger partial charge in [0.2, 0.25) is 0 Å². The molecular weight excluding hydrogens is 417 g/mol. The summed E-state index contributed by atoms with van der Waals surface area (Å²) in [5.41, 5.74) is 4.14. The Morgan fingerprint density at radius 2 is 1.74 bits per heavy atom. The molecule has 0 unspecified atom stereocenters. The first-order valence-electron chi connectivity index (χ1n) is 10.3. The minimum atomic E-state index is -0.588. The van der Waals surface area contributed by atoms with Gasteiger partial charge in [0.05, 0.1) is 12.2 Å². The first-order chi connectivity index (χ1) is 14.9. The maximum absolute atomic E-state index is 13.6. The van der Waals surface area contributed by atoms with Crippen LogP contribution in [0, 0.1) is 5.82 Å². The molecule has 0 saturated heterocycles. The molecule has 160 valence electrons. The molecule has 4 nitrogen and oxygen atoms in total. The smallest absolute Gasteiger partial charge is 0.336 e. The summed E-state index contributed by atoms with van der Waals surface area (Å²) < 4.78 is 18.9. The topological polar surface area (TPSA) is 55.4 Å². The lowest BCUT2D eigenvalue weighted by molar-refractivity contribution is -0.138. The molecular formula is C25H23ClFNO3. The van der Waals surface area contributed by atoms with E-state index in [1.807, 2.05) is 31.2 Å². The van der Waals surface area contributed by atoms with Crippen LogP contribution in [-0.2, 0) is 14.3 Å². The number of ether oxygens (including phenoxy) is 1. The molecule has 0 aromatic heterocycles. The Morgan fingerprint density at radius 1 is 1.10 bits per heavy atom. The summed E-state index contributed by atoms with van der Waals surface area (Å²) in [6.45, 7) is 3.78. The van der Waals surface area contributed by atoms with Gasteiger partial charge in [-0.1, -0.05) is 35.9 Å².